The van der Waals surface area contributed by atoms with E-state index in [1.54, 1.807) is 12.4 Å². The molecule has 0 spiro atoms. The van der Waals surface area contributed by atoms with Gasteiger partial charge in [-0.2, -0.15) is 0 Å². The number of rotatable bonds is 3. The first kappa shape index (κ1) is 13.0. The van der Waals surface area contributed by atoms with Crippen LogP contribution in [0.15, 0.2) is 30.7 Å². The molecule has 2 aromatic rings. The van der Waals surface area contributed by atoms with Gasteiger partial charge in [-0.3, -0.25) is 4.98 Å². The highest BCUT2D eigenvalue weighted by Crippen LogP contribution is 2.23. The number of nitrogens with zero attached hydrogens (tertiary/aromatic N) is 3. The summed E-state index contributed by atoms with van der Waals surface area (Å²) in [5, 5.41) is 6.66. The normalized spacial score (nSPS) is 18.8. The van der Waals surface area contributed by atoms with E-state index in [2.05, 4.69) is 25.6 Å². The van der Waals surface area contributed by atoms with Gasteiger partial charge >= 0.3 is 0 Å². The van der Waals surface area contributed by atoms with E-state index < -0.39 is 0 Å². The predicted molar refractivity (Wildman–Crippen MR) is 79.1 cm³/mol. The van der Waals surface area contributed by atoms with E-state index in [1.807, 2.05) is 25.3 Å². The molecule has 5 heteroatoms. The van der Waals surface area contributed by atoms with Gasteiger partial charge in [0.2, 0.25) is 0 Å². The summed E-state index contributed by atoms with van der Waals surface area (Å²) in [5.74, 6) is 2.05. The zero-order chi connectivity index (χ0) is 13.8. The second-order valence-corrected chi connectivity index (χ2v) is 5.17. The lowest BCUT2D eigenvalue weighted by molar-refractivity contribution is 0.454. The lowest BCUT2D eigenvalue weighted by Gasteiger charge is -2.22. The molecular weight excluding hydrogens is 250 g/mol. The zero-order valence-electron chi connectivity index (χ0n) is 11.6. The Morgan fingerprint density at radius 3 is 3.10 bits per heavy atom. The van der Waals surface area contributed by atoms with Crippen LogP contribution < -0.4 is 10.6 Å². The van der Waals surface area contributed by atoms with E-state index >= 15 is 0 Å². The fourth-order valence-electron chi connectivity index (χ4n) is 2.48. The highest BCUT2D eigenvalue weighted by atomic mass is 15.1. The van der Waals surface area contributed by atoms with Crippen molar-refractivity contribution in [1.82, 2.24) is 20.3 Å². The maximum Gasteiger partial charge on any atom is 0.150 e. The van der Waals surface area contributed by atoms with Crippen molar-refractivity contribution in [1.29, 1.82) is 0 Å². The molecule has 3 rings (SSSR count). The van der Waals surface area contributed by atoms with Crippen LogP contribution in [0.1, 0.15) is 30.0 Å². The second kappa shape index (κ2) is 5.96. The summed E-state index contributed by atoms with van der Waals surface area (Å²) in [6.07, 6.45) is 7.76. The van der Waals surface area contributed by atoms with Crippen LogP contribution in [0.5, 0.6) is 0 Å². The lowest BCUT2D eigenvalue weighted by atomic mass is 9.96. The highest BCUT2D eigenvalue weighted by molar-refractivity contribution is 5.54. The maximum absolute atomic E-state index is 4.68. The molecule has 5 nitrogen and oxygen atoms in total. The van der Waals surface area contributed by atoms with Crippen molar-refractivity contribution < 1.29 is 0 Å². The minimum atomic E-state index is 0.461. The first-order valence-electron chi connectivity index (χ1n) is 7.04. The second-order valence-electron chi connectivity index (χ2n) is 5.17. The molecule has 0 unspecified atom stereocenters. The van der Waals surface area contributed by atoms with Gasteiger partial charge in [0.05, 0.1) is 11.9 Å². The topological polar surface area (TPSA) is 62.7 Å². The van der Waals surface area contributed by atoms with Crippen LogP contribution in [0.3, 0.4) is 0 Å². The number of anilines is 2. The standard InChI is InChI=1S/C15H19N5/c1-11-4-2-7-18-15(11)20-14-10-17-9-13(19-14)12-5-3-6-16-8-12/h2,4,7,9-10,12,16H,3,5-6,8H2,1H3,(H,18,19,20)/t12-/m1/s1. The van der Waals surface area contributed by atoms with E-state index in [0.717, 1.165) is 36.0 Å². The summed E-state index contributed by atoms with van der Waals surface area (Å²) >= 11 is 0. The summed E-state index contributed by atoms with van der Waals surface area (Å²) < 4.78 is 0. The Bertz CT molecular complexity index is 578. The van der Waals surface area contributed by atoms with Gasteiger partial charge in [-0.15, -0.1) is 0 Å². The molecule has 2 N–H and O–H groups in total. The third-order valence-electron chi connectivity index (χ3n) is 3.62. The Hall–Kier alpha value is -2.01. The van der Waals surface area contributed by atoms with Gasteiger partial charge in [0.25, 0.3) is 0 Å². The monoisotopic (exact) mass is 269 g/mol. The molecule has 0 radical (unpaired) electrons. The summed E-state index contributed by atoms with van der Waals surface area (Å²) in [5.41, 5.74) is 2.15. The van der Waals surface area contributed by atoms with Crippen molar-refractivity contribution in [3.05, 3.63) is 42.0 Å². The summed E-state index contributed by atoms with van der Waals surface area (Å²) in [6.45, 7) is 4.12. The maximum atomic E-state index is 4.68. The van der Waals surface area contributed by atoms with Crippen LogP contribution in [-0.4, -0.2) is 28.0 Å². The molecule has 0 bridgehead atoms. The Labute approximate surface area is 118 Å². The van der Waals surface area contributed by atoms with Gasteiger partial charge in [0.1, 0.15) is 11.6 Å². The third-order valence-corrected chi connectivity index (χ3v) is 3.62. The van der Waals surface area contributed by atoms with Gasteiger partial charge < -0.3 is 10.6 Å². The molecule has 1 saturated heterocycles. The van der Waals surface area contributed by atoms with Gasteiger partial charge in [0, 0.05) is 24.9 Å². The third kappa shape index (κ3) is 2.93. The van der Waals surface area contributed by atoms with E-state index in [-0.39, 0.29) is 0 Å². The van der Waals surface area contributed by atoms with Crippen molar-refractivity contribution in [2.45, 2.75) is 25.7 Å². The van der Waals surface area contributed by atoms with Crippen LogP contribution in [0, 0.1) is 6.92 Å². The number of aromatic nitrogens is 3. The van der Waals surface area contributed by atoms with E-state index in [4.69, 9.17) is 0 Å². The van der Waals surface area contributed by atoms with Crippen LogP contribution in [0.25, 0.3) is 0 Å². The van der Waals surface area contributed by atoms with Crippen LogP contribution >= 0.6 is 0 Å². The van der Waals surface area contributed by atoms with Crippen molar-refractivity contribution in [3.63, 3.8) is 0 Å². The average Bonchev–Trinajstić information content (AvgIpc) is 2.51. The largest absolute Gasteiger partial charge is 0.323 e. The number of piperidine rings is 1. The van der Waals surface area contributed by atoms with Crippen molar-refractivity contribution in [2.75, 3.05) is 18.4 Å². The number of nitrogens with one attached hydrogen (secondary N) is 2. The molecule has 1 atom stereocenters. The Morgan fingerprint density at radius 1 is 1.35 bits per heavy atom. The molecule has 0 aromatic carbocycles. The van der Waals surface area contributed by atoms with E-state index in [0.29, 0.717) is 5.92 Å². The molecule has 0 aliphatic carbocycles. The molecule has 1 aliphatic heterocycles. The lowest BCUT2D eigenvalue weighted by Crippen LogP contribution is -2.29. The van der Waals surface area contributed by atoms with Gasteiger partial charge in [-0.25, -0.2) is 9.97 Å². The smallest absolute Gasteiger partial charge is 0.150 e. The molecule has 1 fully saturated rings. The minimum absolute atomic E-state index is 0.461. The van der Waals surface area contributed by atoms with Crippen molar-refractivity contribution in [3.8, 4) is 0 Å². The number of hydrogen-bond acceptors (Lipinski definition) is 5. The Kier molecular flexibility index (Phi) is 3.87. The molecule has 0 saturated carbocycles. The molecule has 1 aliphatic rings. The van der Waals surface area contributed by atoms with Crippen LogP contribution in [-0.2, 0) is 0 Å². The molecule has 2 aromatic heterocycles. The highest BCUT2D eigenvalue weighted by Gasteiger charge is 2.17. The van der Waals surface area contributed by atoms with Gasteiger partial charge in [-0.05, 0) is 37.9 Å². The number of hydrogen-bond donors (Lipinski definition) is 2. The van der Waals surface area contributed by atoms with Gasteiger partial charge in [0.15, 0.2) is 0 Å². The van der Waals surface area contributed by atoms with Crippen molar-refractivity contribution in [2.24, 2.45) is 0 Å². The van der Waals surface area contributed by atoms with E-state index in [1.165, 1.54) is 12.8 Å². The quantitative estimate of drug-likeness (QED) is 0.896. The Morgan fingerprint density at radius 2 is 2.30 bits per heavy atom. The van der Waals surface area contributed by atoms with Crippen LogP contribution in [0.4, 0.5) is 11.6 Å². The summed E-state index contributed by atoms with van der Waals surface area (Å²) in [6, 6.07) is 3.95. The fraction of sp³-hybridized carbons (Fsp3) is 0.400. The first-order chi connectivity index (χ1) is 9.83. The summed E-state index contributed by atoms with van der Waals surface area (Å²) in [7, 11) is 0. The first-order valence-corrected chi connectivity index (χ1v) is 7.04. The summed E-state index contributed by atoms with van der Waals surface area (Å²) in [4.78, 5) is 13.3. The predicted octanol–water partition coefficient (Wildman–Crippen LogP) is 2.39. The molecule has 0 amide bonds. The fourth-order valence-corrected chi connectivity index (χ4v) is 2.48. The van der Waals surface area contributed by atoms with E-state index in [9.17, 15) is 0 Å². The average molecular weight is 269 g/mol. The molecular formula is C15H19N5. The zero-order valence-corrected chi connectivity index (χ0v) is 11.6. The molecule has 20 heavy (non-hydrogen) atoms. The molecule has 3 heterocycles. The SMILES string of the molecule is Cc1cccnc1Nc1cncc([C@@H]2CCCNC2)n1. The Balaban J connectivity index is 1.79. The number of pyridine rings is 1. The number of aryl methyl sites for hydroxylation is 1. The molecule has 104 valence electrons. The van der Waals surface area contributed by atoms with Gasteiger partial charge in [-0.1, -0.05) is 6.07 Å². The minimum Gasteiger partial charge on any atom is -0.323 e. The van der Waals surface area contributed by atoms with Crippen LogP contribution in [0.2, 0.25) is 0 Å². The van der Waals surface area contributed by atoms with Crippen molar-refractivity contribution >= 4 is 11.6 Å².